The van der Waals surface area contributed by atoms with Gasteiger partial charge in [-0.25, -0.2) is 9.97 Å². The van der Waals surface area contributed by atoms with E-state index in [2.05, 4.69) is 62.4 Å². The molecular formula is C53H56N2O9. The number of esters is 4. The first-order valence-corrected chi connectivity index (χ1v) is 23.1. The molecule has 0 radical (unpaired) electrons. The largest absolute Gasteiger partial charge is 0.462 e. The molecule has 0 bridgehead atoms. The summed E-state index contributed by atoms with van der Waals surface area (Å²) >= 11 is 0. The van der Waals surface area contributed by atoms with Crippen LogP contribution in [0.5, 0.6) is 11.5 Å². The zero-order valence-electron chi connectivity index (χ0n) is 36.8. The van der Waals surface area contributed by atoms with E-state index in [1.807, 2.05) is 6.07 Å². The first-order valence-electron chi connectivity index (χ1n) is 23.1. The first-order chi connectivity index (χ1) is 31.1. The van der Waals surface area contributed by atoms with Gasteiger partial charge >= 0.3 is 23.9 Å². The second-order valence-corrected chi connectivity index (χ2v) is 17.5. The van der Waals surface area contributed by atoms with Crippen LogP contribution in [-0.2, 0) is 54.3 Å². The average Bonchev–Trinajstić information content (AvgIpc) is 3.59. The maximum atomic E-state index is 13.7. The van der Waals surface area contributed by atoms with Crippen LogP contribution >= 0.6 is 0 Å². The molecule has 8 rings (SSSR count). The third kappa shape index (κ3) is 10.6. The molecule has 4 aromatic carbocycles. The fourth-order valence-electron chi connectivity index (χ4n) is 9.14. The standard InChI is InChI=1S/C53H56N2O9/c1-3-7-33-11-15-35(16-12-33)19-31-45(56)61-39-25-21-37(22-26-39)52(59)63-43-29-30-44(49-48(43)54-47-41-9-5-6-10-42(41)51(58)50(47)55-49)64-53(60)38-23-27-40(28-24-38)62-46(57)32-20-36-17-13-34(8-4-2)14-18-36/h5-6,9-18,29-30,37-40H,3-4,7-8,19-28,31-32H2,1-2H3. The summed E-state index contributed by atoms with van der Waals surface area (Å²) in [5, 5.41) is 0. The molecule has 5 aromatic rings. The molecule has 3 aliphatic carbocycles. The number of benzene rings is 4. The maximum Gasteiger partial charge on any atom is 0.314 e. The molecule has 0 saturated heterocycles. The number of hydrogen-bond acceptors (Lipinski definition) is 11. The predicted molar refractivity (Wildman–Crippen MR) is 241 cm³/mol. The highest BCUT2D eigenvalue weighted by Crippen LogP contribution is 2.40. The normalized spacial score (nSPS) is 19.1. The summed E-state index contributed by atoms with van der Waals surface area (Å²) in [5.41, 5.74) is 6.67. The van der Waals surface area contributed by atoms with Gasteiger partial charge < -0.3 is 18.9 Å². The molecule has 1 aromatic heterocycles. The molecule has 11 heteroatoms. The van der Waals surface area contributed by atoms with Crippen molar-refractivity contribution >= 4 is 40.7 Å². The molecule has 2 fully saturated rings. The molecule has 3 aliphatic rings. The van der Waals surface area contributed by atoms with Gasteiger partial charge in [0.2, 0.25) is 5.78 Å². The number of nitrogens with zero attached hydrogens (tertiary/aromatic N) is 2. The minimum absolute atomic E-state index is 0.103. The van der Waals surface area contributed by atoms with Gasteiger partial charge in [0, 0.05) is 24.0 Å². The maximum absolute atomic E-state index is 13.7. The third-order valence-corrected chi connectivity index (χ3v) is 12.8. The Bertz CT molecular complexity index is 2500. The molecule has 0 aliphatic heterocycles. The number of rotatable bonds is 16. The number of ketones is 1. The van der Waals surface area contributed by atoms with E-state index in [4.69, 9.17) is 28.9 Å². The Kier molecular flexibility index (Phi) is 14.2. The zero-order valence-corrected chi connectivity index (χ0v) is 36.8. The molecule has 1 heterocycles. The highest BCUT2D eigenvalue weighted by Gasteiger charge is 2.35. The number of carbonyl (C=O) groups is 5. The number of ether oxygens (including phenoxy) is 4. The Morgan fingerprint density at radius 1 is 0.500 bits per heavy atom. The number of fused-ring (bicyclic) bond motifs is 4. The Morgan fingerprint density at radius 2 is 0.891 bits per heavy atom. The third-order valence-electron chi connectivity index (χ3n) is 12.8. The SMILES string of the molecule is CCCc1ccc(CCC(=O)OC2CCC(C(=O)Oc3ccc(OC(=O)C4CCC(OC(=O)CCc5ccc(CCC)cc5)CC4)c4nc5c(nc34)C(=O)c3ccccc3-5)CC2)cc1. The van der Waals surface area contributed by atoms with Crippen molar-refractivity contribution in [3.63, 3.8) is 0 Å². The second-order valence-electron chi connectivity index (χ2n) is 17.5. The van der Waals surface area contributed by atoms with Crippen molar-refractivity contribution in [2.75, 3.05) is 0 Å². The summed E-state index contributed by atoms with van der Waals surface area (Å²) < 4.78 is 23.6. The van der Waals surface area contributed by atoms with Crippen LogP contribution in [0, 0.1) is 11.8 Å². The molecule has 0 atom stereocenters. The molecule has 0 unspecified atom stereocenters. The van der Waals surface area contributed by atoms with E-state index in [0.29, 0.717) is 93.9 Å². The summed E-state index contributed by atoms with van der Waals surface area (Å²) in [6, 6.07) is 26.9. The Labute approximate surface area is 374 Å². The number of aromatic nitrogens is 2. The van der Waals surface area contributed by atoms with Gasteiger partial charge in [-0.05, 0) is 111 Å². The molecular weight excluding hydrogens is 809 g/mol. The van der Waals surface area contributed by atoms with Crippen LogP contribution in [0.1, 0.15) is 129 Å². The van der Waals surface area contributed by atoms with E-state index < -0.39 is 23.8 Å². The van der Waals surface area contributed by atoms with E-state index in [-0.39, 0.29) is 58.2 Å². The van der Waals surface area contributed by atoms with Gasteiger partial charge in [-0.15, -0.1) is 0 Å². The van der Waals surface area contributed by atoms with Gasteiger partial charge in [0.25, 0.3) is 0 Å². The number of carbonyl (C=O) groups excluding carboxylic acids is 5. The lowest BCUT2D eigenvalue weighted by molar-refractivity contribution is -0.153. The lowest BCUT2D eigenvalue weighted by Crippen LogP contribution is -2.30. The fourth-order valence-corrected chi connectivity index (χ4v) is 9.14. The van der Waals surface area contributed by atoms with E-state index in [0.717, 1.165) is 36.8 Å². The van der Waals surface area contributed by atoms with Gasteiger partial charge in [-0.2, -0.15) is 0 Å². The van der Waals surface area contributed by atoms with Gasteiger partial charge in [-0.3, -0.25) is 24.0 Å². The van der Waals surface area contributed by atoms with Crippen molar-refractivity contribution in [2.45, 2.75) is 129 Å². The molecule has 11 nitrogen and oxygen atoms in total. The highest BCUT2D eigenvalue weighted by molar-refractivity contribution is 6.20. The topological polar surface area (TPSA) is 148 Å². The summed E-state index contributed by atoms with van der Waals surface area (Å²) in [4.78, 5) is 75.9. The minimum Gasteiger partial charge on any atom is -0.462 e. The molecule has 0 amide bonds. The minimum atomic E-state index is -0.460. The van der Waals surface area contributed by atoms with Crippen molar-refractivity contribution in [2.24, 2.45) is 11.8 Å². The smallest absolute Gasteiger partial charge is 0.314 e. The van der Waals surface area contributed by atoms with Gasteiger partial charge in [0.1, 0.15) is 34.6 Å². The molecule has 64 heavy (non-hydrogen) atoms. The van der Waals surface area contributed by atoms with Crippen molar-refractivity contribution in [1.29, 1.82) is 0 Å². The first kappa shape index (κ1) is 44.4. The predicted octanol–water partition coefficient (Wildman–Crippen LogP) is 10.0. The van der Waals surface area contributed by atoms with Crippen molar-refractivity contribution in [3.8, 4) is 22.8 Å². The average molecular weight is 865 g/mol. The molecule has 2 saturated carbocycles. The van der Waals surface area contributed by atoms with Crippen LogP contribution in [0.2, 0.25) is 0 Å². The van der Waals surface area contributed by atoms with Crippen molar-refractivity contribution < 1.29 is 42.9 Å². The van der Waals surface area contributed by atoms with Crippen LogP contribution in [0.15, 0.2) is 84.9 Å². The quantitative estimate of drug-likeness (QED) is 0.0676. The lowest BCUT2D eigenvalue weighted by Gasteiger charge is -2.27. The van der Waals surface area contributed by atoms with Crippen LogP contribution in [0.3, 0.4) is 0 Å². The van der Waals surface area contributed by atoms with E-state index in [1.54, 1.807) is 24.3 Å². The fraction of sp³-hybridized carbons (Fsp3) is 0.415. The molecule has 332 valence electrons. The summed E-state index contributed by atoms with van der Waals surface area (Å²) in [6.07, 6.45) is 9.60. The van der Waals surface area contributed by atoms with Gasteiger partial charge in [-0.1, -0.05) is 99.5 Å². The second kappa shape index (κ2) is 20.5. The summed E-state index contributed by atoms with van der Waals surface area (Å²) in [7, 11) is 0. The van der Waals surface area contributed by atoms with Crippen LogP contribution in [0.4, 0.5) is 0 Å². The molecule has 0 spiro atoms. The van der Waals surface area contributed by atoms with Crippen LogP contribution < -0.4 is 9.47 Å². The van der Waals surface area contributed by atoms with E-state index in [9.17, 15) is 24.0 Å². The summed E-state index contributed by atoms with van der Waals surface area (Å²) in [5.74, 6) is -2.31. The molecule has 0 N–H and O–H groups in total. The Hall–Kier alpha value is -6.23. The monoisotopic (exact) mass is 864 g/mol. The zero-order chi connectivity index (χ0) is 44.6. The van der Waals surface area contributed by atoms with E-state index in [1.165, 1.54) is 17.2 Å². The van der Waals surface area contributed by atoms with Crippen molar-refractivity contribution in [3.05, 3.63) is 118 Å². The van der Waals surface area contributed by atoms with E-state index >= 15 is 0 Å². The van der Waals surface area contributed by atoms with Crippen molar-refractivity contribution in [1.82, 2.24) is 9.97 Å². The van der Waals surface area contributed by atoms with Crippen LogP contribution in [-0.4, -0.2) is 51.8 Å². The highest BCUT2D eigenvalue weighted by atomic mass is 16.6. The van der Waals surface area contributed by atoms with Gasteiger partial charge in [0.05, 0.1) is 11.8 Å². The lowest BCUT2D eigenvalue weighted by atomic mass is 9.87. The number of aryl methyl sites for hydroxylation is 4. The van der Waals surface area contributed by atoms with Gasteiger partial charge in [0.15, 0.2) is 11.5 Å². The summed E-state index contributed by atoms with van der Waals surface area (Å²) in [6.45, 7) is 4.30. The number of hydrogen-bond donors (Lipinski definition) is 0. The Morgan fingerprint density at radius 3 is 1.31 bits per heavy atom. The Balaban J connectivity index is 0.880. The van der Waals surface area contributed by atoms with Crippen LogP contribution in [0.25, 0.3) is 22.3 Å².